The zero-order valence-electron chi connectivity index (χ0n) is 12.9. The summed E-state index contributed by atoms with van der Waals surface area (Å²) in [5.74, 6) is 0.202. The fraction of sp³-hybridized carbons (Fsp3) is 0.600. The molecule has 0 aromatic heterocycles. The van der Waals surface area contributed by atoms with E-state index in [4.69, 9.17) is 0 Å². The normalized spacial score (nSPS) is 15.2. The summed E-state index contributed by atoms with van der Waals surface area (Å²) in [4.78, 5) is 2.09. The first kappa shape index (κ1) is 17.1. The van der Waals surface area contributed by atoms with Crippen LogP contribution in [-0.4, -0.2) is 59.1 Å². The van der Waals surface area contributed by atoms with Crippen LogP contribution in [0.5, 0.6) is 0 Å². The van der Waals surface area contributed by atoms with Gasteiger partial charge in [-0.25, -0.2) is 8.42 Å². The summed E-state index contributed by atoms with van der Waals surface area (Å²) >= 11 is 0. The Morgan fingerprint density at radius 2 is 1.85 bits per heavy atom. The van der Waals surface area contributed by atoms with Crippen molar-refractivity contribution in [3.8, 4) is 0 Å². The maximum absolute atomic E-state index is 11.3. The summed E-state index contributed by atoms with van der Waals surface area (Å²) in [6, 6.07) is 10.3. The molecule has 1 aromatic carbocycles. The number of likely N-dealkylation sites (N-methyl/N-ethyl adjacent to an activating group) is 2. The lowest BCUT2D eigenvalue weighted by molar-refractivity contribution is 0.263. The van der Waals surface area contributed by atoms with E-state index in [9.17, 15) is 8.42 Å². The number of rotatable bonds is 8. The van der Waals surface area contributed by atoms with Crippen molar-refractivity contribution in [2.75, 3.05) is 45.7 Å². The van der Waals surface area contributed by atoms with Crippen LogP contribution in [0.3, 0.4) is 0 Å². The molecule has 0 bridgehead atoms. The van der Waals surface area contributed by atoms with Gasteiger partial charge in [0, 0.05) is 31.3 Å². The molecule has 1 N–H and O–H groups in total. The summed E-state index contributed by atoms with van der Waals surface area (Å²) in [6.45, 7) is 4.42. The zero-order valence-corrected chi connectivity index (χ0v) is 13.7. The van der Waals surface area contributed by atoms with Gasteiger partial charge in [0.05, 0.1) is 5.75 Å². The summed E-state index contributed by atoms with van der Waals surface area (Å²) < 4.78 is 22.5. The third kappa shape index (κ3) is 5.61. The Bertz CT molecular complexity index is 502. The predicted octanol–water partition coefficient (Wildman–Crippen LogP) is 1.14. The Morgan fingerprint density at radius 3 is 2.35 bits per heavy atom. The molecule has 0 aliphatic carbocycles. The molecular formula is C15H26N2O2S. The molecule has 0 aliphatic heterocycles. The van der Waals surface area contributed by atoms with Gasteiger partial charge in [-0.05, 0) is 19.7 Å². The van der Waals surface area contributed by atoms with Crippen LogP contribution in [0.2, 0.25) is 0 Å². The number of nitrogens with one attached hydrogen (secondary N) is 1. The van der Waals surface area contributed by atoms with Gasteiger partial charge in [0.25, 0.3) is 0 Å². The highest BCUT2D eigenvalue weighted by Gasteiger charge is 2.27. The number of sulfone groups is 1. The highest BCUT2D eigenvalue weighted by Crippen LogP contribution is 2.23. The second-order valence-corrected chi connectivity index (χ2v) is 8.08. The molecule has 0 radical (unpaired) electrons. The molecule has 0 heterocycles. The van der Waals surface area contributed by atoms with Crippen LogP contribution in [0.4, 0.5) is 0 Å². The average Bonchev–Trinajstić information content (AvgIpc) is 2.37. The van der Waals surface area contributed by atoms with Crippen LogP contribution in [-0.2, 0) is 15.3 Å². The minimum atomic E-state index is -2.91. The van der Waals surface area contributed by atoms with E-state index >= 15 is 0 Å². The van der Waals surface area contributed by atoms with Crippen molar-refractivity contribution in [1.29, 1.82) is 0 Å². The summed E-state index contributed by atoms with van der Waals surface area (Å²) in [7, 11) is 1.01. The Balaban J connectivity index is 2.76. The highest BCUT2D eigenvalue weighted by atomic mass is 32.2. The van der Waals surface area contributed by atoms with Gasteiger partial charge in [-0.2, -0.15) is 0 Å². The molecule has 1 rings (SSSR count). The molecule has 1 unspecified atom stereocenters. The lowest BCUT2D eigenvalue weighted by Gasteiger charge is -2.34. The molecule has 0 fully saturated rings. The molecule has 5 heteroatoms. The smallest absolute Gasteiger partial charge is 0.148 e. The van der Waals surface area contributed by atoms with Gasteiger partial charge in [-0.15, -0.1) is 0 Å². The van der Waals surface area contributed by atoms with E-state index in [-0.39, 0.29) is 11.2 Å². The zero-order chi connectivity index (χ0) is 15.2. The van der Waals surface area contributed by atoms with Crippen molar-refractivity contribution in [3.05, 3.63) is 35.9 Å². The fourth-order valence-corrected chi connectivity index (χ4v) is 3.12. The Morgan fingerprint density at radius 1 is 1.25 bits per heavy atom. The minimum absolute atomic E-state index is 0.0394. The lowest BCUT2D eigenvalue weighted by atomic mass is 9.82. The van der Waals surface area contributed by atoms with Gasteiger partial charge in [-0.1, -0.05) is 37.3 Å². The molecule has 0 spiro atoms. The summed E-state index contributed by atoms with van der Waals surface area (Å²) in [6.07, 6.45) is 1.28. The van der Waals surface area contributed by atoms with E-state index in [1.54, 1.807) is 0 Å². The van der Waals surface area contributed by atoms with Gasteiger partial charge < -0.3 is 10.2 Å². The molecule has 114 valence electrons. The first-order valence-electron chi connectivity index (χ1n) is 6.83. The molecular weight excluding hydrogens is 272 g/mol. The average molecular weight is 298 g/mol. The van der Waals surface area contributed by atoms with Crippen LogP contribution in [0.15, 0.2) is 30.3 Å². The summed E-state index contributed by atoms with van der Waals surface area (Å²) in [5, 5.41) is 3.24. The van der Waals surface area contributed by atoms with E-state index in [1.807, 2.05) is 32.3 Å². The van der Waals surface area contributed by atoms with Crippen LogP contribution in [0, 0.1) is 0 Å². The molecule has 1 aromatic rings. The van der Waals surface area contributed by atoms with Crippen molar-refractivity contribution in [3.63, 3.8) is 0 Å². The van der Waals surface area contributed by atoms with Crippen molar-refractivity contribution in [2.24, 2.45) is 0 Å². The van der Waals surface area contributed by atoms with E-state index in [2.05, 4.69) is 29.3 Å². The van der Waals surface area contributed by atoms with Gasteiger partial charge in [0.1, 0.15) is 9.84 Å². The number of hydrogen-bond donors (Lipinski definition) is 1. The van der Waals surface area contributed by atoms with Gasteiger partial charge in [-0.3, -0.25) is 0 Å². The predicted molar refractivity (Wildman–Crippen MR) is 84.9 cm³/mol. The van der Waals surface area contributed by atoms with Gasteiger partial charge >= 0.3 is 0 Å². The fourth-order valence-electron chi connectivity index (χ4n) is 2.48. The molecule has 1 atom stereocenters. The monoisotopic (exact) mass is 298 g/mol. The topological polar surface area (TPSA) is 49.4 Å². The van der Waals surface area contributed by atoms with Crippen LogP contribution in [0.1, 0.15) is 12.5 Å². The highest BCUT2D eigenvalue weighted by molar-refractivity contribution is 7.90. The maximum Gasteiger partial charge on any atom is 0.148 e. The Kier molecular flexibility index (Phi) is 6.17. The molecule has 4 nitrogen and oxygen atoms in total. The van der Waals surface area contributed by atoms with Crippen molar-refractivity contribution >= 4 is 9.84 Å². The Labute approximate surface area is 123 Å². The van der Waals surface area contributed by atoms with E-state index in [1.165, 1.54) is 11.8 Å². The second-order valence-electron chi connectivity index (χ2n) is 5.82. The molecule has 0 aliphatic rings. The summed E-state index contributed by atoms with van der Waals surface area (Å²) in [5.41, 5.74) is 1.22. The molecule has 0 saturated heterocycles. The van der Waals surface area contributed by atoms with Crippen LogP contribution < -0.4 is 5.32 Å². The van der Waals surface area contributed by atoms with Gasteiger partial charge in [0.2, 0.25) is 0 Å². The molecule has 20 heavy (non-hydrogen) atoms. The second kappa shape index (κ2) is 7.20. The minimum Gasteiger partial charge on any atom is -0.319 e. The van der Waals surface area contributed by atoms with Crippen molar-refractivity contribution in [1.82, 2.24) is 10.2 Å². The van der Waals surface area contributed by atoms with Crippen LogP contribution >= 0.6 is 0 Å². The Hall–Kier alpha value is -0.910. The van der Waals surface area contributed by atoms with E-state index in [0.717, 1.165) is 13.1 Å². The van der Waals surface area contributed by atoms with Gasteiger partial charge in [0.15, 0.2) is 0 Å². The van der Waals surface area contributed by atoms with Crippen molar-refractivity contribution < 1.29 is 8.42 Å². The number of hydrogen-bond acceptors (Lipinski definition) is 4. The first-order chi connectivity index (χ1) is 9.27. The standard InChI is InChI=1S/C15H26N2O2S/c1-15(12-16-2,14-8-6-5-7-9-14)13-17(3)10-11-20(4,18)19/h5-9,16H,10-13H2,1-4H3. The van der Waals surface area contributed by atoms with Crippen LogP contribution in [0.25, 0.3) is 0 Å². The third-order valence-electron chi connectivity index (χ3n) is 3.50. The largest absolute Gasteiger partial charge is 0.319 e. The number of nitrogens with zero attached hydrogens (tertiary/aromatic N) is 1. The van der Waals surface area contributed by atoms with Crippen molar-refractivity contribution in [2.45, 2.75) is 12.3 Å². The number of benzene rings is 1. The molecule has 0 amide bonds. The maximum atomic E-state index is 11.3. The van der Waals surface area contributed by atoms with E-state index < -0.39 is 9.84 Å². The lowest BCUT2D eigenvalue weighted by Crippen LogP contribution is -2.44. The first-order valence-corrected chi connectivity index (χ1v) is 8.89. The third-order valence-corrected chi connectivity index (χ3v) is 4.42. The van der Waals surface area contributed by atoms with E-state index in [0.29, 0.717) is 6.54 Å². The molecule has 0 saturated carbocycles. The SMILES string of the molecule is CNCC(C)(CN(C)CCS(C)(=O)=O)c1ccccc1. The quantitative estimate of drug-likeness (QED) is 0.782.